The van der Waals surface area contributed by atoms with Gasteiger partial charge in [-0.1, -0.05) is 56.5 Å². The average molecular weight is 337 g/mol. The fourth-order valence-electron chi connectivity index (χ4n) is 1.80. The molecular formula is C17H27N3O4. The SMILES string of the molecule is CCCCCCNC(=O)C(N)=O.N[C@@H](Cc1ccccc1)C(=O)O. The molecule has 0 bridgehead atoms. The van der Waals surface area contributed by atoms with Crippen LogP contribution in [0.2, 0.25) is 0 Å². The first kappa shape index (κ1) is 21.6. The number of benzene rings is 1. The van der Waals surface area contributed by atoms with E-state index in [-0.39, 0.29) is 0 Å². The van der Waals surface area contributed by atoms with Crippen LogP contribution in [0.3, 0.4) is 0 Å². The summed E-state index contributed by atoms with van der Waals surface area (Å²) < 4.78 is 0. The molecule has 0 aliphatic rings. The van der Waals surface area contributed by atoms with E-state index in [1.165, 1.54) is 0 Å². The van der Waals surface area contributed by atoms with Crippen LogP contribution < -0.4 is 16.8 Å². The maximum absolute atomic E-state index is 10.6. The van der Waals surface area contributed by atoms with Gasteiger partial charge in [0.05, 0.1) is 0 Å². The molecule has 24 heavy (non-hydrogen) atoms. The summed E-state index contributed by atoms with van der Waals surface area (Å²) in [4.78, 5) is 31.2. The fraction of sp³-hybridized carbons (Fsp3) is 0.471. The minimum Gasteiger partial charge on any atom is -0.480 e. The van der Waals surface area contributed by atoms with Gasteiger partial charge in [-0.05, 0) is 18.4 Å². The average Bonchev–Trinajstić information content (AvgIpc) is 2.55. The number of nitrogens with two attached hydrogens (primary N) is 2. The van der Waals surface area contributed by atoms with Crippen molar-refractivity contribution in [3.05, 3.63) is 35.9 Å². The third kappa shape index (κ3) is 11.2. The molecule has 0 aromatic heterocycles. The van der Waals surface area contributed by atoms with E-state index in [9.17, 15) is 14.4 Å². The predicted molar refractivity (Wildman–Crippen MR) is 92.1 cm³/mol. The van der Waals surface area contributed by atoms with Gasteiger partial charge in [0, 0.05) is 6.54 Å². The van der Waals surface area contributed by atoms with Gasteiger partial charge in [-0.2, -0.15) is 0 Å². The van der Waals surface area contributed by atoms with Gasteiger partial charge < -0.3 is 21.9 Å². The first-order chi connectivity index (χ1) is 11.4. The van der Waals surface area contributed by atoms with Crippen LogP contribution in [-0.4, -0.2) is 35.5 Å². The number of nitrogens with one attached hydrogen (secondary N) is 1. The normalized spacial score (nSPS) is 10.9. The van der Waals surface area contributed by atoms with Gasteiger partial charge in [0.25, 0.3) is 0 Å². The number of amides is 2. The summed E-state index contributed by atoms with van der Waals surface area (Å²) in [6.07, 6.45) is 4.69. The van der Waals surface area contributed by atoms with E-state index in [1.54, 1.807) is 0 Å². The minimum atomic E-state index is -0.959. The molecule has 1 rings (SSSR count). The van der Waals surface area contributed by atoms with Crippen LogP contribution in [0.1, 0.15) is 38.2 Å². The Balaban J connectivity index is 0.000000441. The first-order valence-corrected chi connectivity index (χ1v) is 7.98. The van der Waals surface area contributed by atoms with Crippen LogP contribution in [0.15, 0.2) is 30.3 Å². The monoisotopic (exact) mass is 337 g/mol. The van der Waals surface area contributed by atoms with Gasteiger partial charge in [-0.15, -0.1) is 0 Å². The molecule has 1 atom stereocenters. The molecule has 0 radical (unpaired) electrons. The summed E-state index contributed by atoms with van der Waals surface area (Å²) in [5, 5.41) is 10.9. The van der Waals surface area contributed by atoms with Crippen molar-refractivity contribution in [2.24, 2.45) is 11.5 Å². The third-order valence-electron chi connectivity index (χ3n) is 3.16. The highest BCUT2D eigenvalue weighted by molar-refractivity contribution is 6.34. The lowest BCUT2D eigenvalue weighted by atomic mass is 10.1. The summed E-state index contributed by atoms with van der Waals surface area (Å²) in [5.74, 6) is -2.56. The number of carbonyl (C=O) groups is 3. The summed E-state index contributed by atoms with van der Waals surface area (Å²) in [6.45, 7) is 2.66. The number of aliphatic carboxylic acids is 1. The second kappa shape index (κ2) is 13.1. The van der Waals surface area contributed by atoms with Gasteiger partial charge >= 0.3 is 17.8 Å². The molecule has 0 fully saturated rings. The number of rotatable bonds is 8. The number of unbranched alkanes of at least 4 members (excludes halogenated alkanes) is 3. The van der Waals surface area contributed by atoms with Crippen molar-refractivity contribution in [1.29, 1.82) is 0 Å². The Hall–Kier alpha value is -2.41. The minimum absolute atomic E-state index is 0.385. The van der Waals surface area contributed by atoms with E-state index >= 15 is 0 Å². The van der Waals surface area contributed by atoms with E-state index in [0.717, 1.165) is 31.2 Å². The molecule has 6 N–H and O–H groups in total. The third-order valence-corrected chi connectivity index (χ3v) is 3.16. The Labute approximate surface area is 142 Å². The standard InChI is InChI=1S/C9H11NO2.C8H16N2O2/c10-8(9(11)12)6-7-4-2-1-3-5-7;1-2-3-4-5-6-10-8(12)7(9)11/h1-5,8H,6,10H2,(H,11,12);2-6H2,1H3,(H2,9,11)(H,10,12)/t8-;/m0./s1. The highest BCUT2D eigenvalue weighted by Gasteiger charge is 2.11. The molecule has 2 amide bonds. The fourth-order valence-corrected chi connectivity index (χ4v) is 1.80. The van der Waals surface area contributed by atoms with Gasteiger partial charge in [0.15, 0.2) is 0 Å². The highest BCUT2D eigenvalue weighted by atomic mass is 16.4. The molecule has 0 saturated carbocycles. The quantitative estimate of drug-likeness (QED) is 0.411. The maximum atomic E-state index is 10.6. The van der Waals surface area contributed by atoms with Crippen molar-refractivity contribution in [2.45, 2.75) is 45.1 Å². The molecule has 1 aromatic rings. The molecule has 1 aromatic carbocycles. The molecule has 0 saturated heterocycles. The molecule has 0 heterocycles. The van der Waals surface area contributed by atoms with Crippen LogP contribution in [0.5, 0.6) is 0 Å². The van der Waals surface area contributed by atoms with E-state index in [0.29, 0.717) is 13.0 Å². The molecule has 0 spiro atoms. The van der Waals surface area contributed by atoms with Crippen LogP contribution in [-0.2, 0) is 20.8 Å². The van der Waals surface area contributed by atoms with E-state index < -0.39 is 23.8 Å². The Morgan fingerprint density at radius 3 is 2.25 bits per heavy atom. The van der Waals surface area contributed by atoms with Crippen molar-refractivity contribution in [3.8, 4) is 0 Å². The Kier molecular flexibility index (Phi) is 11.8. The number of primary amides is 1. The Morgan fingerprint density at radius 2 is 1.75 bits per heavy atom. The van der Waals surface area contributed by atoms with Gasteiger partial charge in [-0.25, -0.2) is 0 Å². The summed E-state index contributed by atoms with van der Waals surface area (Å²) in [5.41, 5.74) is 11.0. The number of hydrogen-bond donors (Lipinski definition) is 4. The summed E-state index contributed by atoms with van der Waals surface area (Å²) >= 11 is 0. The zero-order valence-corrected chi connectivity index (χ0v) is 14.0. The second-order valence-electron chi connectivity index (χ2n) is 5.32. The number of carbonyl (C=O) groups excluding carboxylic acids is 2. The molecular weight excluding hydrogens is 310 g/mol. The zero-order valence-electron chi connectivity index (χ0n) is 14.0. The Bertz CT molecular complexity index is 506. The van der Waals surface area contributed by atoms with Crippen molar-refractivity contribution >= 4 is 17.8 Å². The number of carboxylic acids is 1. The number of hydrogen-bond acceptors (Lipinski definition) is 4. The predicted octanol–water partition coefficient (Wildman–Crippen LogP) is 0.809. The Morgan fingerprint density at radius 1 is 1.12 bits per heavy atom. The topological polar surface area (TPSA) is 136 Å². The van der Waals surface area contributed by atoms with Crippen molar-refractivity contribution < 1.29 is 19.5 Å². The van der Waals surface area contributed by atoms with Crippen molar-refractivity contribution in [2.75, 3.05) is 6.54 Å². The van der Waals surface area contributed by atoms with Gasteiger partial charge in [0.2, 0.25) is 0 Å². The molecule has 0 aliphatic carbocycles. The molecule has 0 unspecified atom stereocenters. The van der Waals surface area contributed by atoms with E-state index in [1.807, 2.05) is 30.3 Å². The number of carboxylic acid groups (broad SMARTS) is 1. The second-order valence-corrected chi connectivity index (χ2v) is 5.32. The summed E-state index contributed by atoms with van der Waals surface area (Å²) in [7, 11) is 0. The van der Waals surface area contributed by atoms with E-state index in [2.05, 4.69) is 12.2 Å². The van der Waals surface area contributed by atoms with E-state index in [4.69, 9.17) is 16.6 Å². The maximum Gasteiger partial charge on any atom is 0.320 e. The smallest absolute Gasteiger partial charge is 0.320 e. The lowest BCUT2D eigenvalue weighted by Gasteiger charge is -2.04. The van der Waals surface area contributed by atoms with Crippen LogP contribution in [0.25, 0.3) is 0 Å². The van der Waals surface area contributed by atoms with Crippen LogP contribution >= 0.6 is 0 Å². The van der Waals surface area contributed by atoms with Crippen molar-refractivity contribution in [1.82, 2.24) is 5.32 Å². The summed E-state index contributed by atoms with van der Waals surface area (Å²) in [6, 6.07) is 8.54. The lowest BCUT2D eigenvalue weighted by Crippen LogP contribution is -2.36. The first-order valence-electron chi connectivity index (χ1n) is 7.98. The molecule has 0 aliphatic heterocycles. The van der Waals surface area contributed by atoms with Crippen molar-refractivity contribution in [3.63, 3.8) is 0 Å². The lowest BCUT2D eigenvalue weighted by molar-refractivity contribution is -0.138. The molecule has 7 heteroatoms. The van der Waals surface area contributed by atoms with Gasteiger partial charge in [0.1, 0.15) is 6.04 Å². The zero-order chi connectivity index (χ0) is 18.4. The largest absolute Gasteiger partial charge is 0.480 e. The van der Waals surface area contributed by atoms with Crippen LogP contribution in [0, 0.1) is 0 Å². The molecule has 134 valence electrons. The highest BCUT2D eigenvalue weighted by Crippen LogP contribution is 2.01. The van der Waals surface area contributed by atoms with Crippen LogP contribution in [0.4, 0.5) is 0 Å². The van der Waals surface area contributed by atoms with Gasteiger partial charge in [-0.3, -0.25) is 14.4 Å². The molecule has 7 nitrogen and oxygen atoms in total.